The van der Waals surface area contributed by atoms with E-state index in [9.17, 15) is 8.78 Å². The van der Waals surface area contributed by atoms with Gasteiger partial charge in [-0.25, -0.2) is 13.8 Å². The van der Waals surface area contributed by atoms with Gasteiger partial charge in [0.25, 0.3) is 0 Å². The molecule has 3 rings (SSSR count). The number of aromatic amines is 1. The van der Waals surface area contributed by atoms with Gasteiger partial charge in [-0.15, -0.1) is 0 Å². The monoisotopic (exact) mass is 249 g/mol. The van der Waals surface area contributed by atoms with E-state index >= 15 is 0 Å². The number of nitrogens with zero attached hydrogens (tertiary/aromatic N) is 1. The Labute approximate surface area is 103 Å². The molecule has 0 aliphatic carbocycles. The molecule has 2 N–H and O–H groups in total. The molecule has 3 nitrogen and oxygen atoms in total. The molecule has 2 aromatic rings. The molecule has 1 aromatic heterocycles. The lowest BCUT2D eigenvalue weighted by Crippen LogP contribution is -2.14. The van der Waals surface area contributed by atoms with E-state index in [2.05, 4.69) is 15.3 Å². The normalized spacial score (nSPS) is 19.3. The Hall–Kier alpha value is -1.75. The van der Waals surface area contributed by atoms with E-state index in [1.54, 1.807) is 6.20 Å². The molecule has 0 bridgehead atoms. The molecule has 1 aliphatic rings. The third-order valence-electron chi connectivity index (χ3n) is 3.21. The molecular weight excluding hydrogens is 236 g/mol. The Morgan fingerprint density at radius 1 is 1.28 bits per heavy atom. The number of nitrogens with one attached hydrogen (secondary N) is 2. The molecule has 1 unspecified atom stereocenters. The predicted molar refractivity (Wildman–Crippen MR) is 63.9 cm³/mol. The lowest BCUT2D eigenvalue weighted by atomic mass is 10.1. The number of hydrogen-bond acceptors (Lipinski definition) is 2. The molecule has 1 aromatic carbocycles. The summed E-state index contributed by atoms with van der Waals surface area (Å²) in [5, 5.41) is 3.31. The maximum atomic E-state index is 13.6. The van der Waals surface area contributed by atoms with Crippen molar-refractivity contribution in [3.8, 4) is 11.3 Å². The third-order valence-corrected chi connectivity index (χ3v) is 3.21. The molecule has 0 radical (unpaired) electrons. The van der Waals surface area contributed by atoms with Gasteiger partial charge < -0.3 is 10.3 Å². The molecule has 1 aliphatic heterocycles. The minimum atomic E-state index is -0.579. The van der Waals surface area contributed by atoms with Gasteiger partial charge >= 0.3 is 0 Å². The minimum Gasteiger partial charge on any atom is -0.341 e. The molecule has 94 valence electrons. The van der Waals surface area contributed by atoms with Crippen LogP contribution in [0.15, 0.2) is 24.4 Å². The lowest BCUT2D eigenvalue weighted by molar-refractivity contribution is 0.585. The van der Waals surface area contributed by atoms with Crippen molar-refractivity contribution >= 4 is 0 Å². The smallest absolute Gasteiger partial charge is 0.135 e. The Kier molecular flexibility index (Phi) is 2.83. The summed E-state index contributed by atoms with van der Waals surface area (Å²) in [5.41, 5.74) is 0.921. The van der Waals surface area contributed by atoms with Crippen LogP contribution in [-0.2, 0) is 0 Å². The van der Waals surface area contributed by atoms with E-state index in [0.717, 1.165) is 31.3 Å². The van der Waals surface area contributed by atoms with Gasteiger partial charge in [0, 0.05) is 11.6 Å². The van der Waals surface area contributed by atoms with E-state index < -0.39 is 11.6 Å². The second-order valence-corrected chi connectivity index (χ2v) is 4.46. The van der Waals surface area contributed by atoms with Gasteiger partial charge in [-0.2, -0.15) is 0 Å². The van der Waals surface area contributed by atoms with E-state index in [4.69, 9.17) is 0 Å². The molecule has 0 spiro atoms. The minimum absolute atomic E-state index is 0.210. The first-order valence-electron chi connectivity index (χ1n) is 5.98. The highest BCUT2D eigenvalue weighted by Gasteiger charge is 2.19. The van der Waals surface area contributed by atoms with Crippen molar-refractivity contribution in [2.24, 2.45) is 0 Å². The van der Waals surface area contributed by atoms with Crippen LogP contribution < -0.4 is 5.32 Å². The van der Waals surface area contributed by atoms with Gasteiger partial charge in [0.2, 0.25) is 0 Å². The topological polar surface area (TPSA) is 40.7 Å². The zero-order valence-electron chi connectivity index (χ0n) is 9.71. The van der Waals surface area contributed by atoms with Crippen LogP contribution in [-0.4, -0.2) is 16.5 Å². The number of hydrogen-bond donors (Lipinski definition) is 2. The van der Waals surface area contributed by atoms with Gasteiger partial charge in [0.15, 0.2) is 0 Å². The van der Waals surface area contributed by atoms with E-state index in [1.807, 2.05) is 0 Å². The van der Waals surface area contributed by atoms with Crippen molar-refractivity contribution < 1.29 is 8.78 Å². The molecule has 2 heterocycles. The van der Waals surface area contributed by atoms with Crippen molar-refractivity contribution in [3.05, 3.63) is 41.9 Å². The first-order chi connectivity index (χ1) is 8.74. The molecule has 1 saturated heterocycles. The van der Waals surface area contributed by atoms with Crippen molar-refractivity contribution in [1.82, 2.24) is 15.3 Å². The van der Waals surface area contributed by atoms with Crippen molar-refractivity contribution in [2.45, 2.75) is 18.9 Å². The fourth-order valence-electron chi connectivity index (χ4n) is 2.28. The Bertz CT molecular complexity index is 559. The van der Waals surface area contributed by atoms with E-state index in [-0.39, 0.29) is 6.04 Å². The third kappa shape index (κ3) is 2.01. The summed E-state index contributed by atoms with van der Waals surface area (Å²) >= 11 is 0. The zero-order chi connectivity index (χ0) is 12.5. The van der Waals surface area contributed by atoms with E-state index in [1.165, 1.54) is 12.1 Å². The van der Waals surface area contributed by atoms with E-state index in [0.29, 0.717) is 11.3 Å². The molecule has 0 amide bonds. The first kappa shape index (κ1) is 11.3. The largest absolute Gasteiger partial charge is 0.341 e. The molecule has 5 heteroatoms. The van der Waals surface area contributed by atoms with Gasteiger partial charge in [-0.05, 0) is 31.5 Å². The quantitative estimate of drug-likeness (QED) is 0.859. The predicted octanol–water partition coefficient (Wildman–Crippen LogP) is 2.78. The highest BCUT2D eigenvalue weighted by Crippen LogP contribution is 2.25. The summed E-state index contributed by atoms with van der Waals surface area (Å²) in [4.78, 5) is 7.36. The summed E-state index contributed by atoms with van der Waals surface area (Å²) < 4.78 is 26.5. The van der Waals surface area contributed by atoms with Crippen LogP contribution in [0.4, 0.5) is 8.78 Å². The van der Waals surface area contributed by atoms with Crippen molar-refractivity contribution in [1.29, 1.82) is 0 Å². The summed E-state index contributed by atoms with van der Waals surface area (Å²) in [6, 6.07) is 3.75. The zero-order valence-corrected chi connectivity index (χ0v) is 9.71. The van der Waals surface area contributed by atoms with Crippen LogP contribution in [0.2, 0.25) is 0 Å². The molecular formula is C13H13F2N3. The maximum absolute atomic E-state index is 13.6. The summed E-state index contributed by atoms with van der Waals surface area (Å²) in [6.07, 6.45) is 3.73. The number of benzene rings is 1. The van der Waals surface area contributed by atoms with Gasteiger partial charge in [0.05, 0.1) is 17.9 Å². The molecule has 1 atom stereocenters. The lowest BCUT2D eigenvalue weighted by Gasteiger charge is -2.05. The Balaban J connectivity index is 1.92. The highest BCUT2D eigenvalue weighted by atomic mass is 19.1. The molecule has 1 fully saturated rings. The van der Waals surface area contributed by atoms with Gasteiger partial charge in [-0.1, -0.05) is 0 Å². The number of halogens is 2. The fraction of sp³-hybridized carbons (Fsp3) is 0.308. The Morgan fingerprint density at radius 3 is 2.89 bits per heavy atom. The molecule has 0 saturated carbocycles. The van der Waals surface area contributed by atoms with Crippen LogP contribution >= 0.6 is 0 Å². The average molecular weight is 249 g/mol. The average Bonchev–Trinajstić information content (AvgIpc) is 2.99. The fourth-order valence-corrected chi connectivity index (χ4v) is 2.28. The van der Waals surface area contributed by atoms with Crippen LogP contribution in [0.1, 0.15) is 24.7 Å². The number of rotatable bonds is 2. The van der Waals surface area contributed by atoms with Crippen LogP contribution in [0.5, 0.6) is 0 Å². The first-order valence-corrected chi connectivity index (χ1v) is 5.98. The second-order valence-electron chi connectivity index (χ2n) is 4.46. The van der Waals surface area contributed by atoms with Crippen LogP contribution in [0, 0.1) is 11.6 Å². The SMILES string of the molecule is Fc1ccc(-c2cnc(C3CCCN3)[nH]2)c(F)c1. The van der Waals surface area contributed by atoms with Gasteiger partial charge in [-0.3, -0.25) is 0 Å². The van der Waals surface area contributed by atoms with Crippen LogP contribution in [0.3, 0.4) is 0 Å². The Morgan fingerprint density at radius 2 is 2.17 bits per heavy atom. The highest BCUT2D eigenvalue weighted by molar-refractivity contribution is 5.59. The molecule has 18 heavy (non-hydrogen) atoms. The summed E-state index contributed by atoms with van der Waals surface area (Å²) in [5.74, 6) is -0.343. The van der Waals surface area contributed by atoms with Crippen molar-refractivity contribution in [3.63, 3.8) is 0 Å². The maximum Gasteiger partial charge on any atom is 0.135 e. The second kappa shape index (κ2) is 4.49. The summed E-state index contributed by atoms with van der Waals surface area (Å²) in [7, 11) is 0. The number of H-pyrrole nitrogens is 1. The summed E-state index contributed by atoms with van der Waals surface area (Å²) in [6.45, 7) is 0.978. The van der Waals surface area contributed by atoms with Crippen molar-refractivity contribution in [2.75, 3.05) is 6.54 Å². The standard InChI is InChI=1S/C13H13F2N3/c14-8-3-4-9(10(15)6-8)12-7-17-13(18-12)11-2-1-5-16-11/h3-4,6-7,11,16H,1-2,5H2,(H,17,18). The number of aromatic nitrogens is 2. The number of imidazole rings is 1. The van der Waals surface area contributed by atoms with Crippen LogP contribution in [0.25, 0.3) is 11.3 Å². The van der Waals surface area contributed by atoms with Gasteiger partial charge in [0.1, 0.15) is 17.5 Å².